The molecule has 0 fully saturated rings. The number of hydrogen-bond acceptors (Lipinski definition) is 4. The van der Waals surface area contributed by atoms with Gasteiger partial charge in [-0.2, -0.15) is 0 Å². The van der Waals surface area contributed by atoms with Gasteiger partial charge in [0.15, 0.2) is 0 Å². The lowest BCUT2D eigenvalue weighted by atomic mass is 9.95. The van der Waals surface area contributed by atoms with Crippen molar-refractivity contribution in [1.29, 1.82) is 0 Å². The first-order valence-corrected chi connectivity index (χ1v) is 7.85. The van der Waals surface area contributed by atoms with Gasteiger partial charge in [-0.25, -0.2) is 0 Å². The molecule has 1 aromatic heterocycles. The number of benzene rings is 1. The van der Waals surface area contributed by atoms with Gasteiger partial charge in [0.05, 0.1) is 23.9 Å². The lowest BCUT2D eigenvalue weighted by Crippen LogP contribution is -2.19. The van der Waals surface area contributed by atoms with Crippen LogP contribution in [0.15, 0.2) is 47.1 Å². The van der Waals surface area contributed by atoms with Crippen molar-refractivity contribution in [2.75, 3.05) is 13.7 Å². The third-order valence-corrected chi connectivity index (χ3v) is 3.87. The molecule has 0 bridgehead atoms. The van der Waals surface area contributed by atoms with E-state index in [0.717, 1.165) is 10.0 Å². The molecule has 0 aliphatic rings. The smallest absolute Gasteiger partial charge is 0.315 e. The summed E-state index contributed by atoms with van der Waals surface area (Å²) in [4.78, 5) is 16.7. The molecule has 0 aliphatic heterocycles. The molecule has 0 radical (unpaired) electrons. The van der Waals surface area contributed by atoms with E-state index in [4.69, 9.17) is 9.47 Å². The number of hydrogen-bond donors (Lipinski definition) is 0. The second kappa shape index (κ2) is 7.94. The predicted octanol–water partition coefficient (Wildman–Crippen LogP) is 3.74. The van der Waals surface area contributed by atoms with E-state index < -0.39 is 5.92 Å². The van der Waals surface area contributed by atoms with Gasteiger partial charge < -0.3 is 9.47 Å². The molecule has 2 aromatic rings. The van der Waals surface area contributed by atoms with Crippen LogP contribution >= 0.6 is 15.9 Å². The Labute approximate surface area is 138 Å². The minimum Gasteiger partial charge on any atom is -0.495 e. The van der Waals surface area contributed by atoms with E-state index in [1.165, 1.54) is 0 Å². The van der Waals surface area contributed by atoms with E-state index in [9.17, 15) is 4.79 Å². The summed E-state index contributed by atoms with van der Waals surface area (Å²) in [5.74, 6) is -0.0834. The first-order chi connectivity index (χ1) is 10.7. The molecule has 0 spiro atoms. The molecule has 0 amide bonds. The number of ether oxygens (including phenoxy) is 2. The van der Waals surface area contributed by atoms with E-state index in [1.807, 2.05) is 30.3 Å². The van der Waals surface area contributed by atoms with Gasteiger partial charge in [0, 0.05) is 12.3 Å². The van der Waals surface area contributed by atoms with Crippen LogP contribution in [0.4, 0.5) is 0 Å². The van der Waals surface area contributed by atoms with Crippen molar-refractivity contribution in [3.63, 3.8) is 0 Å². The van der Waals surface area contributed by atoms with Gasteiger partial charge in [0.1, 0.15) is 11.7 Å². The monoisotopic (exact) mass is 363 g/mol. The summed E-state index contributed by atoms with van der Waals surface area (Å²) in [7, 11) is 1.58. The second-order valence-corrected chi connectivity index (χ2v) is 5.59. The summed E-state index contributed by atoms with van der Waals surface area (Å²) in [6.45, 7) is 2.14. The number of rotatable bonds is 6. The van der Waals surface area contributed by atoms with Crippen molar-refractivity contribution in [3.8, 4) is 5.75 Å². The van der Waals surface area contributed by atoms with E-state index in [-0.39, 0.29) is 5.97 Å². The van der Waals surface area contributed by atoms with E-state index >= 15 is 0 Å². The van der Waals surface area contributed by atoms with Crippen LogP contribution < -0.4 is 4.74 Å². The third kappa shape index (κ3) is 4.07. The Morgan fingerprint density at radius 1 is 1.32 bits per heavy atom. The molecule has 22 heavy (non-hydrogen) atoms. The van der Waals surface area contributed by atoms with Crippen LogP contribution in [0.3, 0.4) is 0 Å². The van der Waals surface area contributed by atoms with Crippen LogP contribution in [0.5, 0.6) is 5.75 Å². The summed E-state index contributed by atoms with van der Waals surface area (Å²) in [5, 5.41) is 0. The van der Waals surface area contributed by atoms with Gasteiger partial charge in [-0.1, -0.05) is 30.3 Å². The third-order valence-electron chi connectivity index (χ3n) is 3.27. The van der Waals surface area contributed by atoms with E-state index in [0.29, 0.717) is 24.5 Å². The quantitative estimate of drug-likeness (QED) is 0.733. The Hall–Kier alpha value is -1.88. The molecule has 0 unspecified atom stereocenters. The Morgan fingerprint density at radius 2 is 2.05 bits per heavy atom. The van der Waals surface area contributed by atoms with Gasteiger partial charge >= 0.3 is 5.97 Å². The average molecular weight is 364 g/mol. The number of carbonyl (C=O) groups is 1. The number of halogens is 1. The summed E-state index contributed by atoms with van der Waals surface area (Å²) in [5.41, 5.74) is 1.70. The van der Waals surface area contributed by atoms with Crippen molar-refractivity contribution in [3.05, 3.63) is 58.3 Å². The molecular formula is C17H18BrNO3. The van der Waals surface area contributed by atoms with Crippen LogP contribution in [0, 0.1) is 0 Å². The van der Waals surface area contributed by atoms with Crippen molar-refractivity contribution < 1.29 is 14.3 Å². The molecule has 5 heteroatoms. The molecule has 1 atom stereocenters. The number of methoxy groups -OCH3 is 1. The van der Waals surface area contributed by atoms with Gasteiger partial charge in [-0.05, 0) is 34.8 Å². The predicted molar refractivity (Wildman–Crippen MR) is 88.0 cm³/mol. The van der Waals surface area contributed by atoms with Crippen molar-refractivity contribution >= 4 is 21.9 Å². The van der Waals surface area contributed by atoms with Crippen molar-refractivity contribution in [2.45, 2.75) is 19.3 Å². The molecule has 4 nitrogen and oxygen atoms in total. The highest BCUT2D eigenvalue weighted by Gasteiger charge is 2.24. The number of carbonyl (C=O) groups excluding carboxylic acids is 1. The van der Waals surface area contributed by atoms with Crippen LogP contribution in [0.2, 0.25) is 0 Å². The standard InChI is InChI=1S/C17H18BrNO3/c1-3-22-17(20)13(9-12-7-5-4-6-8-12)15-10-16(21-2)14(18)11-19-15/h4-8,10-11,13H,3,9H2,1-2H3/t13-/m1/s1. The maximum absolute atomic E-state index is 12.3. The van der Waals surface area contributed by atoms with Gasteiger partial charge in [-0.3, -0.25) is 9.78 Å². The van der Waals surface area contributed by atoms with Gasteiger partial charge in [-0.15, -0.1) is 0 Å². The zero-order chi connectivity index (χ0) is 15.9. The first kappa shape index (κ1) is 16.5. The molecule has 0 saturated carbocycles. The molecule has 116 valence electrons. The summed E-state index contributed by atoms with van der Waals surface area (Å²) < 4.78 is 11.2. The fraction of sp³-hybridized carbons (Fsp3) is 0.294. The van der Waals surface area contributed by atoms with Gasteiger partial charge in [0.2, 0.25) is 0 Å². The molecule has 2 rings (SSSR count). The lowest BCUT2D eigenvalue weighted by molar-refractivity contribution is -0.145. The van der Waals surface area contributed by atoms with E-state index in [1.54, 1.807) is 26.3 Å². The topological polar surface area (TPSA) is 48.4 Å². The van der Waals surface area contributed by atoms with Crippen molar-refractivity contribution in [1.82, 2.24) is 4.98 Å². The minimum atomic E-state index is -0.454. The molecule has 0 saturated heterocycles. The highest BCUT2D eigenvalue weighted by atomic mass is 79.9. The molecule has 0 N–H and O–H groups in total. The molecule has 1 heterocycles. The van der Waals surface area contributed by atoms with E-state index in [2.05, 4.69) is 20.9 Å². The number of aromatic nitrogens is 1. The normalized spacial score (nSPS) is 11.8. The largest absolute Gasteiger partial charge is 0.495 e. The SMILES string of the molecule is CCOC(=O)[C@H](Cc1ccccc1)c1cc(OC)c(Br)cn1. The number of pyridine rings is 1. The van der Waals surface area contributed by atoms with Crippen LogP contribution in [0.25, 0.3) is 0 Å². The number of esters is 1. The van der Waals surface area contributed by atoms with Gasteiger partial charge in [0.25, 0.3) is 0 Å². The maximum Gasteiger partial charge on any atom is 0.315 e. The highest BCUT2D eigenvalue weighted by Crippen LogP contribution is 2.29. The average Bonchev–Trinajstić information content (AvgIpc) is 2.54. The zero-order valence-corrected chi connectivity index (χ0v) is 14.2. The zero-order valence-electron chi connectivity index (χ0n) is 12.6. The Morgan fingerprint density at radius 3 is 2.68 bits per heavy atom. The van der Waals surface area contributed by atoms with Crippen LogP contribution in [-0.2, 0) is 16.0 Å². The van der Waals surface area contributed by atoms with Crippen LogP contribution in [-0.4, -0.2) is 24.7 Å². The maximum atomic E-state index is 12.3. The van der Waals surface area contributed by atoms with Crippen molar-refractivity contribution in [2.24, 2.45) is 0 Å². The minimum absolute atomic E-state index is 0.275. The Balaban J connectivity index is 2.33. The number of nitrogens with zero attached hydrogens (tertiary/aromatic N) is 1. The Bertz CT molecular complexity index is 631. The fourth-order valence-electron chi connectivity index (χ4n) is 2.18. The summed E-state index contributed by atoms with van der Waals surface area (Å²) >= 11 is 3.37. The Kier molecular flexibility index (Phi) is 5.95. The fourth-order valence-corrected chi connectivity index (χ4v) is 2.56. The molecule has 1 aromatic carbocycles. The lowest BCUT2D eigenvalue weighted by Gasteiger charge is -2.16. The highest BCUT2D eigenvalue weighted by molar-refractivity contribution is 9.10. The second-order valence-electron chi connectivity index (χ2n) is 4.74. The molecule has 0 aliphatic carbocycles. The van der Waals surface area contributed by atoms with Crippen LogP contribution in [0.1, 0.15) is 24.1 Å². The molecular weight excluding hydrogens is 346 g/mol. The summed E-state index contributed by atoms with van der Waals surface area (Å²) in [6, 6.07) is 11.6. The summed E-state index contributed by atoms with van der Waals surface area (Å²) in [6.07, 6.45) is 2.18. The first-order valence-electron chi connectivity index (χ1n) is 7.05.